The molecule has 10 aromatic carbocycles. The van der Waals surface area contributed by atoms with E-state index in [1.807, 2.05) is 0 Å². The van der Waals surface area contributed by atoms with Gasteiger partial charge in [-0.3, -0.25) is 0 Å². The van der Waals surface area contributed by atoms with Gasteiger partial charge in [-0.05, 0) is 106 Å². The van der Waals surface area contributed by atoms with Gasteiger partial charge in [0.05, 0.1) is 0 Å². The minimum absolute atomic E-state index is 0.924. The van der Waals surface area contributed by atoms with E-state index in [2.05, 4.69) is 170 Å². The van der Waals surface area contributed by atoms with E-state index in [1.165, 1.54) is 86.9 Å². The number of rotatable bonds is 2. The van der Waals surface area contributed by atoms with Gasteiger partial charge in [-0.25, -0.2) is 0 Å². The smallest absolute Gasteiger partial charge is 0.143 e. The van der Waals surface area contributed by atoms with Gasteiger partial charge in [0.1, 0.15) is 11.2 Å². The van der Waals surface area contributed by atoms with E-state index in [-0.39, 0.29) is 0 Å². The molecule has 0 atom stereocenters. The Bertz CT molecular complexity index is 3050. The molecule has 0 spiro atoms. The Labute approximate surface area is 282 Å². The first-order valence-electron chi connectivity index (χ1n) is 16.9. The van der Waals surface area contributed by atoms with E-state index in [1.54, 1.807) is 0 Å². The molecule has 0 aliphatic rings. The maximum Gasteiger partial charge on any atom is 0.143 e. The Morgan fingerprint density at radius 1 is 0.286 bits per heavy atom. The minimum atomic E-state index is 0.924. The molecule has 0 bridgehead atoms. The lowest BCUT2D eigenvalue weighted by molar-refractivity contribution is 0.673. The van der Waals surface area contributed by atoms with Crippen molar-refractivity contribution < 1.29 is 4.42 Å². The zero-order chi connectivity index (χ0) is 32.1. The molecular weight excluding hydrogens is 593 g/mol. The van der Waals surface area contributed by atoms with Crippen molar-refractivity contribution in [3.63, 3.8) is 0 Å². The van der Waals surface area contributed by atoms with Gasteiger partial charge in [0.25, 0.3) is 0 Å². The van der Waals surface area contributed by atoms with Gasteiger partial charge < -0.3 is 4.42 Å². The summed E-state index contributed by atoms with van der Waals surface area (Å²) in [6.45, 7) is 0. The van der Waals surface area contributed by atoms with Crippen LogP contribution in [0.5, 0.6) is 0 Å². The average molecular weight is 621 g/mol. The van der Waals surface area contributed by atoms with Crippen molar-refractivity contribution in [3.05, 3.63) is 170 Å². The fourth-order valence-electron chi connectivity index (χ4n) is 8.56. The van der Waals surface area contributed by atoms with E-state index in [9.17, 15) is 0 Å². The third-order valence-corrected chi connectivity index (χ3v) is 10.6. The lowest BCUT2D eigenvalue weighted by atomic mass is 9.85. The summed E-state index contributed by atoms with van der Waals surface area (Å²) in [5.41, 5.74) is 6.86. The van der Waals surface area contributed by atoms with Crippen LogP contribution in [0, 0.1) is 0 Å². The van der Waals surface area contributed by atoms with E-state index >= 15 is 0 Å². The second-order valence-electron chi connectivity index (χ2n) is 13.1. The molecule has 11 rings (SSSR count). The van der Waals surface area contributed by atoms with Crippen LogP contribution in [0.15, 0.2) is 174 Å². The minimum Gasteiger partial charge on any atom is -0.455 e. The highest BCUT2D eigenvalue weighted by Gasteiger charge is 2.19. The number of benzene rings is 10. The summed E-state index contributed by atoms with van der Waals surface area (Å²) in [4.78, 5) is 0. The first kappa shape index (κ1) is 26.6. The van der Waals surface area contributed by atoms with Crippen LogP contribution in [0.2, 0.25) is 0 Å². The SMILES string of the molecule is c1ccc(-c2c3ccccc3c(-c3ccc4c(ccc5c4oc4ccc6c7ccccc7c7ccccc7c6c45)c3)c3ccccc23)cc1. The monoisotopic (exact) mass is 620 g/mol. The summed E-state index contributed by atoms with van der Waals surface area (Å²) in [7, 11) is 0. The number of hydrogen-bond acceptors (Lipinski definition) is 1. The molecular formula is C48H28O. The molecule has 0 saturated carbocycles. The number of furan rings is 1. The predicted octanol–water partition coefficient (Wildman–Crippen LogP) is 13.8. The molecule has 0 saturated heterocycles. The molecule has 0 radical (unpaired) electrons. The van der Waals surface area contributed by atoms with Crippen LogP contribution in [0.25, 0.3) is 109 Å². The number of hydrogen-bond donors (Lipinski definition) is 0. The second-order valence-corrected chi connectivity index (χ2v) is 13.1. The summed E-state index contributed by atoms with van der Waals surface area (Å²) in [5.74, 6) is 0. The summed E-state index contributed by atoms with van der Waals surface area (Å²) in [5, 5.41) is 17.3. The summed E-state index contributed by atoms with van der Waals surface area (Å²) in [6, 6.07) is 61.9. The lowest BCUT2D eigenvalue weighted by Gasteiger charge is -2.18. The maximum absolute atomic E-state index is 6.79. The molecule has 0 aliphatic carbocycles. The van der Waals surface area contributed by atoms with Crippen molar-refractivity contribution in [1.82, 2.24) is 0 Å². The summed E-state index contributed by atoms with van der Waals surface area (Å²) in [6.07, 6.45) is 0. The van der Waals surface area contributed by atoms with Gasteiger partial charge in [-0.1, -0.05) is 140 Å². The molecule has 0 fully saturated rings. The molecule has 1 aromatic heterocycles. The molecule has 1 heteroatoms. The predicted molar refractivity (Wildman–Crippen MR) is 210 cm³/mol. The Balaban J connectivity index is 1.20. The van der Waals surface area contributed by atoms with Gasteiger partial charge >= 0.3 is 0 Å². The number of fused-ring (bicyclic) bond motifs is 14. The molecule has 1 heterocycles. The van der Waals surface area contributed by atoms with E-state index in [0.29, 0.717) is 0 Å². The quantitative estimate of drug-likeness (QED) is 0.138. The highest BCUT2D eigenvalue weighted by atomic mass is 16.3. The summed E-state index contributed by atoms with van der Waals surface area (Å²) < 4.78 is 6.79. The first-order valence-corrected chi connectivity index (χ1v) is 16.9. The Hall–Kier alpha value is -6.44. The molecule has 1 nitrogen and oxygen atoms in total. The molecule has 0 amide bonds. The van der Waals surface area contributed by atoms with Crippen molar-refractivity contribution >= 4 is 86.6 Å². The Morgan fingerprint density at radius 2 is 0.755 bits per heavy atom. The van der Waals surface area contributed by atoms with Crippen molar-refractivity contribution in [2.45, 2.75) is 0 Å². The maximum atomic E-state index is 6.79. The van der Waals surface area contributed by atoms with Crippen LogP contribution in [-0.4, -0.2) is 0 Å². The van der Waals surface area contributed by atoms with Crippen LogP contribution in [0.1, 0.15) is 0 Å². The highest BCUT2D eigenvalue weighted by Crippen LogP contribution is 2.46. The highest BCUT2D eigenvalue weighted by molar-refractivity contribution is 6.35. The van der Waals surface area contributed by atoms with Crippen LogP contribution >= 0.6 is 0 Å². The standard InChI is InChI=1S/C48H28O/c1-2-12-29(13-3-1)44-37-18-8-10-20-39(37)45(40-21-11-9-19-38(40)44)31-23-24-32-30(28-31)22-25-42-47-43(49-48(32)42)27-26-41-35-16-5-4-14-33(35)34-15-6-7-17-36(34)46(41)47/h1-28H. The topological polar surface area (TPSA) is 13.1 Å². The lowest BCUT2D eigenvalue weighted by Crippen LogP contribution is -1.90. The third-order valence-electron chi connectivity index (χ3n) is 10.6. The fourth-order valence-corrected chi connectivity index (χ4v) is 8.56. The molecule has 0 aliphatic heterocycles. The van der Waals surface area contributed by atoms with E-state index in [4.69, 9.17) is 4.42 Å². The molecule has 11 aromatic rings. The molecule has 49 heavy (non-hydrogen) atoms. The van der Waals surface area contributed by atoms with Crippen LogP contribution in [-0.2, 0) is 0 Å². The van der Waals surface area contributed by atoms with Gasteiger partial charge in [-0.15, -0.1) is 0 Å². The molecule has 226 valence electrons. The largest absolute Gasteiger partial charge is 0.455 e. The van der Waals surface area contributed by atoms with E-state index in [0.717, 1.165) is 21.9 Å². The Kier molecular flexibility index (Phi) is 5.45. The molecule has 0 N–H and O–H groups in total. The van der Waals surface area contributed by atoms with Gasteiger partial charge in [-0.2, -0.15) is 0 Å². The van der Waals surface area contributed by atoms with Crippen molar-refractivity contribution in [1.29, 1.82) is 0 Å². The normalized spacial score (nSPS) is 12.1. The van der Waals surface area contributed by atoms with Crippen LogP contribution in [0.4, 0.5) is 0 Å². The summed E-state index contributed by atoms with van der Waals surface area (Å²) >= 11 is 0. The van der Waals surface area contributed by atoms with Gasteiger partial charge in [0.15, 0.2) is 0 Å². The zero-order valence-electron chi connectivity index (χ0n) is 26.6. The zero-order valence-corrected chi connectivity index (χ0v) is 26.6. The van der Waals surface area contributed by atoms with Gasteiger partial charge in [0, 0.05) is 21.5 Å². The second kappa shape index (κ2) is 10.0. The third kappa shape index (κ3) is 3.70. The molecule has 0 unspecified atom stereocenters. The van der Waals surface area contributed by atoms with Gasteiger partial charge in [0.2, 0.25) is 0 Å². The average Bonchev–Trinajstić information content (AvgIpc) is 3.56. The Morgan fingerprint density at radius 3 is 1.39 bits per heavy atom. The van der Waals surface area contributed by atoms with Crippen LogP contribution < -0.4 is 0 Å². The van der Waals surface area contributed by atoms with Crippen molar-refractivity contribution in [2.24, 2.45) is 0 Å². The van der Waals surface area contributed by atoms with Crippen molar-refractivity contribution in [2.75, 3.05) is 0 Å². The fraction of sp³-hybridized carbons (Fsp3) is 0. The van der Waals surface area contributed by atoms with E-state index < -0.39 is 0 Å². The van der Waals surface area contributed by atoms with Crippen molar-refractivity contribution in [3.8, 4) is 22.3 Å². The van der Waals surface area contributed by atoms with Crippen LogP contribution in [0.3, 0.4) is 0 Å². The first-order chi connectivity index (χ1) is 24.3.